The molecule has 2 atom stereocenters. The molecule has 4 aliphatic carbocycles. The molecule has 0 amide bonds. The van der Waals surface area contributed by atoms with Gasteiger partial charge < -0.3 is 28.1 Å². The topological polar surface area (TPSA) is 105 Å². The summed E-state index contributed by atoms with van der Waals surface area (Å²) in [5, 5.41) is 1.65. The average Bonchev–Trinajstić information content (AvgIpc) is 3.25. The molecule has 310 valence electrons. The van der Waals surface area contributed by atoms with Gasteiger partial charge in [-0.2, -0.15) is 0 Å². The van der Waals surface area contributed by atoms with Crippen molar-refractivity contribution in [3.05, 3.63) is 34.3 Å². The van der Waals surface area contributed by atoms with E-state index in [0.717, 1.165) is 128 Å². The maximum atomic E-state index is 16.8. The van der Waals surface area contributed by atoms with Crippen LogP contribution in [0.15, 0.2) is 24.3 Å². The van der Waals surface area contributed by atoms with Gasteiger partial charge in [0.1, 0.15) is 25.8 Å². The second kappa shape index (κ2) is 19.4. The molecule has 0 saturated heterocycles. The molecule has 2 aromatic carbocycles. The minimum absolute atomic E-state index is 0.0605. The fourth-order valence-corrected chi connectivity index (χ4v) is 19.9. The highest BCUT2D eigenvalue weighted by molar-refractivity contribution is 7.74. The van der Waals surface area contributed by atoms with Crippen molar-refractivity contribution in [2.75, 3.05) is 14.2 Å². The maximum Gasteiger partial charge on any atom is 0.346 e. The van der Waals surface area contributed by atoms with E-state index < -0.39 is 38.4 Å². The highest BCUT2D eigenvalue weighted by Gasteiger charge is 2.49. The normalized spacial score (nSPS) is 20.9. The van der Waals surface area contributed by atoms with Gasteiger partial charge in [-0.1, -0.05) is 100 Å². The predicted molar refractivity (Wildman–Crippen MR) is 228 cm³/mol. The van der Waals surface area contributed by atoms with Crippen LogP contribution in [0.25, 0.3) is 11.1 Å². The quantitative estimate of drug-likeness (QED) is 0.145. The van der Waals surface area contributed by atoms with E-state index in [1.54, 1.807) is 26.0 Å². The summed E-state index contributed by atoms with van der Waals surface area (Å²) in [5.74, 6) is -0.881. The maximum absolute atomic E-state index is 16.8. The number of hydrogen-bond donors (Lipinski definition) is 0. The number of benzene rings is 2. The van der Waals surface area contributed by atoms with Gasteiger partial charge in [-0.15, -0.1) is 0 Å². The Balaban J connectivity index is 1.76. The number of rotatable bonds is 13. The van der Waals surface area contributed by atoms with E-state index in [2.05, 4.69) is 0 Å². The second-order valence-corrected chi connectivity index (χ2v) is 24.2. The third-order valence-corrected chi connectivity index (χ3v) is 22.6. The molecule has 0 N–H and O–H groups in total. The van der Waals surface area contributed by atoms with Crippen LogP contribution in [0.5, 0.6) is 11.5 Å². The summed E-state index contributed by atoms with van der Waals surface area (Å²) < 4.78 is 57.1. The standard InChI is InChI=1S/C44H62Cl2O8P2/c1-29(43(47)51-3)53-41-35(45)25-27-37(55(49,31-17-9-5-10-18-31)32-19-11-6-12-20-32)39(41)40-38(28-26-36(46)42(40)54-30(2)44(48)52-4)56(50,33-21-13-7-14-22-33)34-23-15-8-16-24-34/h25-34H,5-24H2,1-4H3. The number of ether oxygens (including phenoxy) is 4. The fourth-order valence-electron chi connectivity index (χ4n) is 10.4. The van der Waals surface area contributed by atoms with Crippen LogP contribution >= 0.6 is 37.5 Å². The van der Waals surface area contributed by atoms with Crippen molar-refractivity contribution in [3.8, 4) is 22.6 Å². The Morgan fingerprint density at radius 2 is 0.786 bits per heavy atom. The molecule has 12 heteroatoms. The first-order chi connectivity index (χ1) is 27.0. The van der Waals surface area contributed by atoms with Gasteiger partial charge in [0.25, 0.3) is 0 Å². The minimum atomic E-state index is -3.31. The summed E-state index contributed by atoms with van der Waals surface area (Å²) in [5.41, 5.74) is 0.599. The van der Waals surface area contributed by atoms with E-state index >= 15 is 9.13 Å². The molecule has 4 fully saturated rings. The summed E-state index contributed by atoms with van der Waals surface area (Å²) in [4.78, 5) is 26.2. The summed E-state index contributed by atoms with van der Waals surface area (Å²) >= 11 is 14.4. The first-order valence-electron chi connectivity index (χ1n) is 21.3. The van der Waals surface area contributed by atoms with E-state index in [1.807, 2.05) is 12.1 Å². The van der Waals surface area contributed by atoms with Crippen LogP contribution in [-0.2, 0) is 28.2 Å². The molecule has 4 aliphatic rings. The largest absolute Gasteiger partial charge is 0.477 e. The van der Waals surface area contributed by atoms with Crippen LogP contribution in [0, 0.1) is 0 Å². The smallest absolute Gasteiger partial charge is 0.346 e. The molecule has 56 heavy (non-hydrogen) atoms. The van der Waals surface area contributed by atoms with Crippen LogP contribution < -0.4 is 20.1 Å². The molecule has 4 saturated carbocycles. The third-order valence-electron chi connectivity index (χ3n) is 13.3. The Morgan fingerprint density at radius 1 is 0.518 bits per heavy atom. The van der Waals surface area contributed by atoms with Gasteiger partial charge >= 0.3 is 11.9 Å². The molecular weight excluding hydrogens is 789 g/mol. The van der Waals surface area contributed by atoms with Gasteiger partial charge in [-0.25, -0.2) is 9.59 Å². The Kier molecular flexibility index (Phi) is 15.1. The molecule has 0 bridgehead atoms. The highest BCUT2D eigenvalue weighted by Crippen LogP contribution is 2.67. The van der Waals surface area contributed by atoms with Crippen molar-refractivity contribution in [1.82, 2.24) is 0 Å². The highest BCUT2D eigenvalue weighted by atomic mass is 35.5. The SMILES string of the molecule is COC(=O)C(C)Oc1c(Cl)ccc(P(=O)(C2CCCCC2)C2CCCCC2)c1-c1c(P(=O)(C2CCCCC2)C2CCCCC2)ccc(Cl)c1OC(C)C(=O)OC. The van der Waals surface area contributed by atoms with Crippen LogP contribution in [0.1, 0.15) is 142 Å². The van der Waals surface area contributed by atoms with E-state index in [-0.39, 0.29) is 44.2 Å². The lowest BCUT2D eigenvalue weighted by atomic mass is 9.99. The lowest BCUT2D eigenvalue weighted by molar-refractivity contribution is -0.148. The number of methoxy groups -OCH3 is 2. The van der Waals surface area contributed by atoms with Gasteiger partial charge in [0.15, 0.2) is 12.2 Å². The Labute approximate surface area is 344 Å². The zero-order chi connectivity index (χ0) is 40.0. The summed E-state index contributed by atoms with van der Waals surface area (Å²) in [7, 11) is -4.01. The first kappa shape index (κ1) is 43.6. The lowest BCUT2D eigenvalue weighted by Gasteiger charge is -2.41. The van der Waals surface area contributed by atoms with E-state index in [0.29, 0.717) is 21.7 Å². The number of hydrogen-bond acceptors (Lipinski definition) is 8. The Morgan fingerprint density at radius 3 is 1.04 bits per heavy atom. The molecule has 0 radical (unpaired) electrons. The molecule has 0 aliphatic heterocycles. The molecule has 2 unspecified atom stereocenters. The van der Waals surface area contributed by atoms with Gasteiger partial charge in [0.2, 0.25) is 0 Å². The van der Waals surface area contributed by atoms with Crippen LogP contribution in [-0.4, -0.2) is 61.0 Å². The molecule has 0 spiro atoms. The zero-order valence-corrected chi connectivity index (χ0v) is 37.1. The third kappa shape index (κ3) is 8.80. The summed E-state index contributed by atoms with van der Waals surface area (Å²) in [6.45, 7) is 3.20. The van der Waals surface area contributed by atoms with Gasteiger partial charge in [0, 0.05) is 44.4 Å². The average molecular weight is 852 g/mol. The van der Waals surface area contributed by atoms with Crippen molar-refractivity contribution in [2.45, 2.75) is 177 Å². The first-order valence-corrected chi connectivity index (χ1v) is 25.8. The lowest BCUT2D eigenvalue weighted by Crippen LogP contribution is -2.34. The summed E-state index contributed by atoms with van der Waals surface area (Å²) in [6, 6.07) is 7.28. The molecule has 2 aromatic rings. The summed E-state index contributed by atoms with van der Waals surface area (Å²) in [6.07, 6.45) is 17.0. The van der Waals surface area contributed by atoms with Crippen LogP contribution in [0.3, 0.4) is 0 Å². The van der Waals surface area contributed by atoms with Gasteiger partial charge in [-0.3, -0.25) is 0 Å². The van der Waals surface area contributed by atoms with Gasteiger partial charge in [0.05, 0.1) is 24.3 Å². The Bertz CT molecular complexity index is 1620. The van der Waals surface area contributed by atoms with Crippen LogP contribution in [0.2, 0.25) is 10.0 Å². The predicted octanol–water partition coefficient (Wildman–Crippen LogP) is 11.8. The second-order valence-electron chi connectivity index (χ2n) is 16.7. The fraction of sp³-hybridized carbons (Fsp3) is 0.682. The number of esters is 2. The molecular formula is C44H62Cl2O8P2. The van der Waals surface area contributed by atoms with E-state index in [1.165, 1.54) is 14.2 Å². The minimum Gasteiger partial charge on any atom is -0.477 e. The molecule has 0 aromatic heterocycles. The molecule has 6 rings (SSSR count). The molecule has 8 nitrogen and oxygen atoms in total. The van der Waals surface area contributed by atoms with Crippen LogP contribution in [0.4, 0.5) is 0 Å². The van der Waals surface area contributed by atoms with Gasteiger partial charge in [-0.05, 0) is 89.5 Å². The molecule has 0 heterocycles. The Hall–Kier alpha value is -1.98. The van der Waals surface area contributed by atoms with Crippen molar-refractivity contribution < 1.29 is 37.7 Å². The van der Waals surface area contributed by atoms with Crippen molar-refractivity contribution in [1.29, 1.82) is 0 Å². The van der Waals surface area contributed by atoms with E-state index in [9.17, 15) is 9.59 Å². The zero-order valence-electron chi connectivity index (χ0n) is 33.8. The number of carbonyl (C=O) groups is 2. The number of halogens is 2. The monoisotopic (exact) mass is 850 g/mol. The van der Waals surface area contributed by atoms with Crippen molar-refractivity contribution in [3.63, 3.8) is 0 Å². The van der Waals surface area contributed by atoms with Crippen molar-refractivity contribution >= 4 is 60.0 Å². The number of carbonyl (C=O) groups excluding carboxylic acids is 2. The van der Waals surface area contributed by atoms with Crippen molar-refractivity contribution in [2.24, 2.45) is 0 Å². The van der Waals surface area contributed by atoms with E-state index in [4.69, 9.17) is 42.1 Å².